The molecular weight excluding hydrogens is 1130 g/mol. The zero-order chi connectivity index (χ0) is 49.3. The van der Waals surface area contributed by atoms with Gasteiger partial charge in [0.15, 0.2) is 22.3 Å². The van der Waals surface area contributed by atoms with E-state index in [2.05, 4.69) is 69.7 Å². The lowest BCUT2D eigenvalue weighted by Gasteiger charge is -2.21. The van der Waals surface area contributed by atoms with Crippen LogP contribution < -0.4 is 32.7 Å². The average molecular weight is 1170 g/mol. The normalized spacial score (nSPS) is 11.6. The van der Waals surface area contributed by atoms with E-state index in [0.29, 0.717) is 0 Å². The molecule has 0 aliphatic heterocycles. The minimum absolute atomic E-state index is 0.127. The third-order valence-corrected chi connectivity index (χ3v) is 11.4. The Hall–Kier alpha value is -5.95. The summed E-state index contributed by atoms with van der Waals surface area (Å²) in [7, 11) is 7.27. The second-order valence-electron chi connectivity index (χ2n) is 14.8. The summed E-state index contributed by atoms with van der Waals surface area (Å²) in [5.41, 5.74) is -1.18. The standard InChI is InChI=1S/C22H19BrF3N5O2.C21H17BrF3N5O2.CH3I/c1-28(16-9-5-7-14(11-16)22(24,25)26)20-27-18-17(19(32)30(3)21(33)29(18)2)31(20)12-13-6-4-8-15(23)10-13;1-28-17-16(18(31)29(2)20(28)32)30(11-12-5-3-7-14(22)9-12)19(27-17)26-15-8-4-6-13(10-15)21(23,24)25;1-2/h4-11H,12H2,1-3H3;3-10H,11H2,1-2H3,(H,26,27);1H3. The van der Waals surface area contributed by atoms with Gasteiger partial charge in [-0.3, -0.25) is 37.0 Å². The third-order valence-electron chi connectivity index (χ3n) is 10.4. The molecule has 0 atom stereocenters. The molecule has 8 aromatic rings. The van der Waals surface area contributed by atoms with Crippen molar-refractivity contribution >= 4 is 100 Å². The number of imidazole rings is 2. The van der Waals surface area contributed by atoms with Crippen molar-refractivity contribution in [2.24, 2.45) is 28.2 Å². The molecule has 352 valence electrons. The number of hydrogen-bond donors (Lipinski definition) is 1. The molecule has 4 aromatic carbocycles. The monoisotopic (exact) mass is 1170 g/mol. The van der Waals surface area contributed by atoms with Gasteiger partial charge < -0.3 is 10.2 Å². The number of nitrogens with zero attached hydrogens (tertiary/aromatic N) is 9. The van der Waals surface area contributed by atoms with Crippen molar-refractivity contribution < 1.29 is 26.3 Å². The minimum atomic E-state index is -4.51. The van der Waals surface area contributed by atoms with Gasteiger partial charge in [0.25, 0.3) is 11.1 Å². The molecule has 14 nitrogen and oxygen atoms in total. The largest absolute Gasteiger partial charge is 0.416 e. The molecule has 0 saturated heterocycles. The molecular formula is C44H39Br2F6IN10O4. The van der Waals surface area contributed by atoms with Gasteiger partial charge in [-0.1, -0.05) is 90.8 Å². The number of benzene rings is 4. The lowest BCUT2D eigenvalue weighted by Crippen LogP contribution is -2.37. The molecule has 4 aromatic heterocycles. The molecule has 0 aliphatic carbocycles. The number of hydrogen-bond acceptors (Lipinski definition) is 8. The van der Waals surface area contributed by atoms with E-state index in [0.717, 1.165) is 53.5 Å². The molecule has 0 aliphatic rings. The third kappa shape index (κ3) is 10.6. The van der Waals surface area contributed by atoms with Gasteiger partial charge in [-0.25, -0.2) is 9.59 Å². The van der Waals surface area contributed by atoms with E-state index in [1.807, 2.05) is 53.5 Å². The Morgan fingerprint density at radius 1 is 0.597 bits per heavy atom. The van der Waals surface area contributed by atoms with Crippen molar-refractivity contribution in [1.82, 2.24) is 37.4 Å². The summed E-state index contributed by atoms with van der Waals surface area (Å²) in [6.45, 7) is 0.409. The number of halogens is 9. The van der Waals surface area contributed by atoms with E-state index in [9.17, 15) is 45.5 Å². The number of aryl methyl sites for hydroxylation is 2. The molecule has 23 heteroatoms. The average Bonchev–Trinajstić information content (AvgIpc) is 3.84. The fourth-order valence-corrected chi connectivity index (χ4v) is 7.97. The number of aromatic nitrogens is 8. The smallest absolute Gasteiger partial charge is 0.326 e. The summed E-state index contributed by atoms with van der Waals surface area (Å²) in [5.74, 6) is 0.361. The summed E-state index contributed by atoms with van der Waals surface area (Å²) in [5, 5.41) is 2.88. The Bertz CT molecular complexity index is 3390. The van der Waals surface area contributed by atoms with Crippen LogP contribution in [0, 0.1) is 0 Å². The summed E-state index contributed by atoms with van der Waals surface area (Å²) in [6, 6.07) is 24.3. The second kappa shape index (κ2) is 20.1. The van der Waals surface area contributed by atoms with Gasteiger partial charge in [0.05, 0.1) is 24.2 Å². The van der Waals surface area contributed by atoms with Crippen molar-refractivity contribution in [2.75, 3.05) is 22.2 Å². The molecule has 0 unspecified atom stereocenters. The number of rotatable bonds is 8. The Labute approximate surface area is 407 Å². The molecule has 67 heavy (non-hydrogen) atoms. The van der Waals surface area contributed by atoms with Crippen molar-refractivity contribution in [3.8, 4) is 0 Å². The number of alkyl halides is 7. The van der Waals surface area contributed by atoms with Gasteiger partial charge in [0, 0.05) is 55.6 Å². The molecule has 0 radical (unpaired) electrons. The van der Waals surface area contributed by atoms with Gasteiger partial charge in [-0.05, 0) is 76.7 Å². The Balaban J connectivity index is 0.000000213. The van der Waals surface area contributed by atoms with E-state index >= 15 is 0 Å². The van der Waals surface area contributed by atoms with Gasteiger partial charge in [0.2, 0.25) is 11.9 Å². The number of anilines is 4. The van der Waals surface area contributed by atoms with Crippen LogP contribution in [0.5, 0.6) is 0 Å². The maximum Gasteiger partial charge on any atom is 0.416 e. The van der Waals surface area contributed by atoms with Crippen LogP contribution >= 0.6 is 54.5 Å². The first kappa shape index (κ1) is 50.5. The molecule has 0 amide bonds. The molecule has 0 bridgehead atoms. The van der Waals surface area contributed by atoms with Gasteiger partial charge in [-0.2, -0.15) is 36.3 Å². The Morgan fingerprint density at radius 3 is 1.55 bits per heavy atom. The predicted molar refractivity (Wildman–Crippen MR) is 261 cm³/mol. The van der Waals surface area contributed by atoms with Gasteiger partial charge in [0.1, 0.15) is 0 Å². The second-order valence-corrected chi connectivity index (χ2v) is 16.7. The maximum atomic E-state index is 13.3. The highest BCUT2D eigenvalue weighted by Crippen LogP contribution is 2.35. The van der Waals surface area contributed by atoms with Crippen molar-refractivity contribution in [3.63, 3.8) is 0 Å². The zero-order valence-corrected chi connectivity index (χ0v) is 41.5. The lowest BCUT2D eigenvalue weighted by molar-refractivity contribution is -0.138. The van der Waals surface area contributed by atoms with Gasteiger partial charge >= 0.3 is 23.7 Å². The fourth-order valence-electron chi connectivity index (χ4n) is 7.08. The number of fused-ring (bicyclic) bond motifs is 2. The minimum Gasteiger partial charge on any atom is -0.326 e. The summed E-state index contributed by atoms with van der Waals surface area (Å²) < 4.78 is 88.5. The van der Waals surface area contributed by atoms with E-state index in [1.165, 1.54) is 66.5 Å². The van der Waals surface area contributed by atoms with Crippen LogP contribution in [0.1, 0.15) is 22.3 Å². The van der Waals surface area contributed by atoms with E-state index < -0.39 is 46.0 Å². The van der Waals surface area contributed by atoms with Crippen molar-refractivity contribution in [1.29, 1.82) is 0 Å². The van der Waals surface area contributed by atoms with Crippen molar-refractivity contribution in [2.45, 2.75) is 25.4 Å². The lowest BCUT2D eigenvalue weighted by atomic mass is 10.2. The van der Waals surface area contributed by atoms with Crippen LogP contribution in [-0.4, -0.2) is 49.3 Å². The molecule has 4 heterocycles. The topological polar surface area (TPSA) is 139 Å². The molecule has 0 spiro atoms. The van der Waals surface area contributed by atoms with E-state index in [1.54, 1.807) is 16.2 Å². The summed E-state index contributed by atoms with van der Waals surface area (Å²) in [4.78, 5) is 63.1. The molecule has 0 fully saturated rings. The first-order valence-electron chi connectivity index (χ1n) is 19.6. The van der Waals surface area contributed by atoms with Crippen LogP contribution in [0.4, 0.5) is 49.6 Å². The fraction of sp³-hybridized carbons (Fsp3) is 0.227. The SMILES string of the molecule is CI.CN(c1cccc(C(F)(F)F)c1)c1nc2c(c(=O)n(C)c(=O)n2C)n1Cc1cccc(Br)c1.Cn1c(=O)c2c(nc(Nc3cccc(C(F)(F)F)c3)n2Cc2cccc(Br)c2)n(C)c1=O. The maximum absolute atomic E-state index is 13.3. The highest BCUT2D eigenvalue weighted by Gasteiger charge is 2.32. The number of nitrogens with one attached hydrogen (secondary N) is 1. The predicted octanol–water partition coefficient (Wildman–Crippen LogP) is 9.09. The highest BCUT2D eigenvalue weighted by molar-refractivity contribution is 14.1. The Morgan fingerprint density at radius 2 is 1.04 bits per heavy atom. The zero-order valence-electron chi connectivity index (χ0n) is 36.2. The Kier molecular flexibility index (Phi) is 15.1. The van der Waals surface area contributed by atoms with Crippen LogP contribution in [0.25, 0.3) is 22.3 Å². The van der Waals surface area contributed by atoms with Gasteiger partial charge in [-0.15, -0.1) is 0 Å². The quantitative estimate of drug-likeness (QED) is 0.0904. The first-order chi connectivity index (χ1) is 31.5. The van der Waals surface area contributed by atoms with E-state index in [4.69, 9.17) is 0 Å². The van der Waals surface area contributed by atoms with E-state index in [-0.39, 0.29) is 58.7 Å². The molecule has 8 rings (SSSR count). The van der Waals surface area contributed by atoms with Crippen LogP contribution in [0.2, 0.25) is 0 Å². The van der Waals surface area contributed by atoms with Crippen LogP contribution in [0.15, 0.2) is 125 Å². The molecule has 0 saturated carbocycles. The van der Waals surface area contributed by atoms with Crippen LogP contribution in [-0.2, 0) is 53.6 Å². The summed E-state index contributed by atoms with van der Waals surface area (Å²) in [6.07, 6.45) is -9.01. The van der Waals surface area contributed by atoms with Crippen molar-refractivity contribution in [3.05, 3.63) is 170 Å². The highest BCUT2D eigenvalue weighted by atomic mass is 127. The first-order valence-corrected chi connectivity index (χ1v) is 23.3. The van der Waals surface area contributed by atoms with Crippen LogP contribution in [0.3, 0.4) is 0 Å². The molecule has 1 N–H and O–H groups in total. The summed E-state index contributed by atoms with van der Waals surface area (Å²) >= 11 is 8.97.